The Bertz CT molecular complexity index is 908. The zero-order valence-electron chi connectivity index (χ0n) is 14.0. The third kappa shape index (κ3) is 3.61. The quantitative estimate of drug-likeness (QED) is 0.707. The summed E-state index contributed by atoms with van der Waals surface area (Å²) in [7, 11) is 1.58. The van der Waals surface area contributed by atoms with Gasteiger partial charge in [-0.3, -0.25) is 9.78 Å². The van der Waals surface area contributed by atoms with Crippen LogP contribution in [0.2, 0.25) is 0 Å². The zero-order valence-corrected chi connectivity index (χ0v) is 14.0. The van der Waals surface area contributed by atoms with Gasteiger partial charge >= 0.3 is 0 Å². The SMILES string of the molecule is COc1ccc(C(=O)Nc2ccc(O)c(C)c2)cc1-c1ccccn1. The highest BCUT2D eigenvalue weighted by Crippen LogP contribution is 2.30. The molecule has 0 atom stereocenters. The number of nitrogens with zero attached hydrogens (tertiary/aromatic N) is 1. The number of hydrogen-bond donors (Lipinski definition) is 2. The van der Waals surface area contributed by atoms with E-state index in [1.165, 1.54) is 0 Å². The van der Waals surface area contributed by atoms with E-state index in [0.717, 1.165) is 11.3 Å². The lowest BCUT2D eigenvalue weighted by Gasteiger charge is -2.11. The van der Waals surface area contributed by atoms with Gasteiger partial charge in [0.25, 0.3) is 5.91 Å². The van der Waals surface area contributed by atoms with Crippen LogP contribution in [0, 0.1) is 6.92 Å². The van der Waals surface area contributed by atoms with Crippen molar-refractivity contribution in [3.05, 3.63) is 71.9 Å². The minimum Gasteiger partial charge on any atom is -0.508 e. The summed E-state index contributed by atoms with van der Waals surface area (Å²) in [5, 5.41) is 12.4. The predicted molar refractivity (Wildman–Crippen MR) is 97.0 cm³/mol. The number of pyridine rings is 1. The molecule has 0 saturated heterocycles. The van der Waals surface area contributed by atoms with Gasteiger partial charge < -0.3 is 15.2 Å². The van der Waals surface area contributed by atoms with E-state index in [0.29, 0.717) is 22.6 Å². The maximum absolute atomic E-state index is 12.6. The molecule has 3 aromatic rings. The van der Waals surface area contributed by atoms with Crippen molar-refractivity contribution in [1.29, 1.82) is 0 Å². The Morgan fingerprint density at radius 3 is 2.64 bits per heavy atom. The maximum Gasteiger partial charge on any atom is 0.255 e. The first kappa shape index (κ1) is 16.5. The fraction of sp³-hybridized carbons (Fsp3) is 0.100. The average molecular weight is 334 g/mol. The summed E-state index contributed by atoms with van der Waals surface area (Å²) in [6, 6.07) is 15.7. The fourth-order valence-corrected chi connectivity index (χ4v) is 2.51. The normalized spacial score (nSPS) is 10.3. The van der Waals surface area contributed by atoms with Gasteiger partial charge in [0.2, 0.25) is 0 Å². The summed E-state index contributed by atoms with van der Waals surface area (Å²) >= 11 is 0. The molecule has 0 bridgehead atoms. The van der Waals surface area contributed by atoms with E-state index in [1.54, 1.807) is 56.6 Å². The van der Waals surface area contributed by atoms with Gasteiger partial charge in [-0.1, -0.05) is 6.07 Å². The molecule has 0 aliphatic heterocycles. The van der Waals surface area contributed by atoms with Gasteiger partial charge in [-0.2, -0.15) is 0 Å². The molecule has 0 unspecified atom stereocenters. The Kier molecular flexibility index (Phi) is 4.66. The van der Waals surface area contributed by atoms with Crippen molar-refractivity contribution in [1.82, 2.24) is 4.98 Å². The molecule has 2 N–H and O–H groups in total. The topological polar surface area (TPSA) is 71.5 Å². The van der Waals surface area contributed by atoms with Crippen molar-refractivity contribution in [3.63, 3.8) is 0 Å². The molecule has 1 heterocycles. The number of phenolic OH excluding ortho intramolecular Hbond substituents is 1. The summed E-state index contributed by atoms with van der Waals surface area (Å²) in [5.41, 5.74) is 3.29. The number of nitrogens with one attached hydrogen (secondary N) is 1. The number of benzene rings is 2. The maximum atomic E-state index is 12.6. The van der Waals surface area contributed by atoms with Crippen LogP contribution < -0.4 is 10.1 Å². The first-order valence-electron chi connectivity index (χ1n) is 7.79. The lowest BCUT2D eigenvalue weighted by Crippen LogP contribution is -2.12. The van der Waals surface area contributed by atoms with Crippen LogP contribution in [0.5, 0.6) is 11.5 Å². The monoisotopic (exact) mass is 334 g/mol. The number of aryl methyl sites for hydroxylation is 1. The van der Waals surface area contributed by atoms with Gasteiger partial charge in [0.1, 0.15) is 11.5 Å². The van der Waals surface area contributed by atoms with E-state index in [9.17, 15) is 9.90 Å². The molecule has 2 aromatic carbocycles. The van der Waals surface area contributed by atoms with Crippen molar-refractivity contribution < 1.29 is 14.6 Å². The minimum atomic E-state index is -0.245. The van der Waals surface area contributed by atoms with Crippen LogP contribution in [0.4, 0.5) is 5.69 Å². The summed E-state index contributed by atoms with van der Waals surface area (Å²) in [6.07, 6.45) is 1.70. The van der Waals surface area contributed by atoms with E-state index < -0.39 is 0 Å². The van der Waals surface area contributed by atoms with Gasteiger partial charge in [0.05, 0.1) is 12.8 Å². The Morgan fingerprint density at radius 2 is 1.96 bits per heavy atom. The number of methoxy groups -OCH3 is 1. The number of phenols is 1. The summed E-state index contributed by atoms with van der Waals surface area (Å²) in [4.78, 5) is 16.9. The molecule has 5 nitrogen and oxygen atoms in total. The largest absolute Gasteiger partial charge is 0.508 e. The number of aromatic nitrogens is 1. The molecule has 3 rings (SSSR count). The predicted octanol–water partition coefficient (Wildman–Crippen LogP) is 4.02. The summed E-state index contributed by atoms with van der Waals surface area (Å²) in [6.45, 7) is 1.78. The third-order valence-electron chi connectivity index (χ3n) is 3.86. The van der Waals surface area contributed by atoms with Crippen LogP contribution >= 0.6 is 0 Å². The molecular weight excluding hydrogens is 316 g/mol. The number of hydrogen-bond acceptors (Lipinski definition) is 4. The van der Waals surface area contributed by atoms with Crippen LogP contribution in [0.1, 0.15) is 15.9 Å². The Hall–Kier alpha value is -3.34. The van der Waals surface area contributed by atoms with Crippen molar-refractivity contribution >= 4 is 11.6 Å². The van der Waals surface area contributed by atoms with Gasteiger partial charge in [-0.25, -0.2) is 0 Å². The molecular formula is C20H18N2O3. The molecule has 25 heavy (non-hydrogen) atoms. The number of ether oxygens (including phenoxy) is 1. The molecule has 5 heteroatoms. The number of amides is 1. The molecule has 126 valence electrons. The highest BCUT2D eigenvalue weighted by atomic mass is 16.5. The van der Waals surface area contributed by atoms with Gasteiger partial charge in [-0.15, -0.1) is 0 Å². The fourth-order valence-electron chi connectivity index (χ4n) is 2.51. The molecule has 0 spiro atoms. The Balaban J connectivity index is 1.91. The van der Waals surface area contributed by atoms with Gasteiger partial charge in [-0.05, 0) is 61.0 Å². The van der Waals surface area contributed by atoms with Crippen LogP contribution in [0.15, 0.2) is 60.8 Å². The molecule has 0 fully saturated rings. The van der Waals surface area contributed by atoms with Crippen LogP contribution in [-0.4, -0.2) is 23.1 Å². The summed E-state index contributed by atoms with van der Waals surface area (Å²) in [5.74, 6) is 0.598. The number of rotatable bonds is 4. The Labute approximate surface area is 145 Å². The molecule has 0 aliphatic rings. The van der Waals surface area contributed by atoms with Gasteiger partial charge in [0, 0.05) is 23.0 Å². The van der Waals surface area contributed by atoms with E-state index in [-0.39, 0.29) is 11.7 Å². The van der Waals surface area contributed by atoms with Crippen molar-refractivity contribution in [2.45, 2.75) is 6.92 Å². The molecule has 0 aliphatic carbocycles. The van der Waals surface area contributed by atoms with E-state index >= 15 is 0 Å². The number of anilines is 1. The highest BCUT2D eigenvalue weighted by Gasteiger charge is 2.13. The molecule has 1 amide bonds. The van der Waals surface area contributed by atoms with E-state index in [1.807, 2.05) is 18.2 Å². The van der Waals surface area contributed by atoms with Crippen molar-refractivity contribution in [2.75, 3.05) is 12.4 Å². The number of carbonyl (C=O) groups excluding carboxylic acids is 1. The standard InChI is InChI=1S/C20H18N2O3/c1-13-11-15(7-8-18(13)23)22-20(24)14-6-9-19(25-2)16(12-14)17-5-3-4-10-21-17/h3-12,23H,1-2H3,(H,22,24). The van der Waals surface area contributed by atoms with Crippen LogP contribution in [-0.2, 0) is 0 Å². The minimum absolute atomic E-state index is 0.194. The first-order chi connectivity index (χ1) is 12.1. The second kappa shape index (κ2) is 7.05. The lowest BCUT2D eigenvalue weighted by molar-refractivity contribution is 0.102. The summed E-state index contributed by atoms with van der Waals surface area (Å²) < 4.78 is 5.38. The van der Waals surface area contributed by atoms with Crippen LogP contribution in [0.25, 0.3) is 11.3 Å². The zero-order chi connectivity index (χ0) is 17.8. The third-order valence-corrected chi connectivity index (χ3v) is 3.86. The number of aromatic hydroxyl groups is 1. The second-order valence-electron chi connectivity index (χ2n) is 5.59. The number of carbonyl (C=O) groups is 1. The Morgan fingerprint density at radius 1 is 1.12 bits per heavy atom. The molecule has 1 aromatic heterocycles. The first-order valence-corrected chi connectivity index (χ1v) is 7.79. The second-order valence-corrected chi connectivity index (χ2v) is 5.59. The van der Waals surface area contributed by atoms with Crippen molar-refractivity contribution in [2.24, 2.45) is 0 Å². The van der Waals surface area contributed by atoms with Crippen molar-refractivity contribution in [3.8, 4) is 22.8 Å². The van der Waals surface area contributed by atoms with E-state index in [2.05, 4.69) is 10.3 Å². The average Bonchev–Trinajstić information content (AvgIpc) is 2.65. The highest BCUT2D eigenvalue weighted by molar-refractivity contribution is 6.05. The van der Waals surface area contributed by atoms with Gasteiger partial charge in [0.15, 0.2) is 0 Å². The lowest BCUT2D eigenvalue weighted by atomic mass is 10.1. The van der Waals surface area contributed by atoms with Crippen LogP contribution in [0.3, 0.4) is 0 Å². The molecule has 0 saturated carbocycles. The smallest absolute Gasteiger partial charge is 0.255 e. The van der Waals surface area contributed by atoms with E-state index in [4.69, 9.17) is 4.74 Å². The molecule has 0 radical (unpaired) electrons.